The summed E-state index contributed by atoms with van der Waals surface area (Å²) in [7, 11) is 0. The molecule has 0 aromatic carbocycles. The van der Waals surface area contributed by atoms with Crippen molar-refractivity contribution in [2.75, 3.05) is 32.8 Å². The van der Waals surface area contributed by atoms with Crippen LogP contribution in [0.25, 0.3) is 0 Å². The van der Waals surface area contributed by atoms with Gasteiger partial charge < -0.3 is 20.7 Å². The second-order valence-corrected chi connectivity index (χ2v) is 4.64. The molecule has 0 saturated carbocycles. The van der Waals surface area contributed by atoms with Gasteiger partial charge in [-0.1, -0.05) is 0 Å². The van der Waals surface area contributed by atoms with E-state index in [-0.39, 0.29) is 24.4 Å². The molecule has 0 radical (unpaired) electrons. The van der Waals surface area contributed by atoms with Gasteiger partial charge in [0.15, 0.2) is 0 Å². The zero-order valence-corrected chi connectivity index (χ0v) is 9.85. The van der Waals surface area contributed by atoms with E-state index in [9.17, 15) is 9.59 Å². The monoisotopic (exact) mass is 241 g/mol. The summed E-state index contributed by atoms with van der Waals surface area (Å²) in [5.74, 6) is -0.547. The van der Waals surface area contributed by atoms with Gasteiger partial charge in [-0.3, -0.25) is 9.59 Å². The van der Waals surface area contributed by atoms with Crippen LogP contribution < -0.4 is 11.1 Å². The van der Waals surface area contributed by atoms with Gasteiger partial charge in [0.2, 0.25) is 11.8 Å². The first-order valence-corrected chi connectivity index (χ1v) is 6.05. The van der Waals surface area contributed by atoms with E-state index in [0.29, 0.717) is 13.2 Å². The summed E-state index contributed by atoms with van der Waals surface area (Å²) in [6.07, 6.45) is 1.63. The molecule has 2 fully saturated rings. The minimum absolute atomic E-state index is 0.00926. The average molecular weight is 241 g/mol. The lowest BCUT2D eigenvalue weighted by Crippen LogP contribution is -2.48. The Hall–Kier alpha value is -1.14. The summed E-state index contributed by atoms with van der Waals surface area (Å²) >= 11 is 0. The van der Waals surface area contributed by atoms with Gasteiger partial charge in [0.05, 0.1) is 19.1 Å². The lowest BCUT2D eigenvalue weighted by molar-refractivity contribution is -0.140. The van der Waals surface area contributed by atoms with Crippen molar-refractivity contribution in [3.05, 3.63) is 0 Å². The lowest BCUT2D eigenvalue weighted by atomic mass is 10.1. The Morgan fingerprint density at radius 1 is 1.41 bits per heavy atom. The van der Waals surface area contributed by atoms with Gasteiger partial charge in [-0.25, -0.2) is 0 Å². The average Bonchev–Trinajstić information content (AvgIpc) is 2.96. The number of primary amides is 1. The van der Waals surface area contributed by atoms with E-state index < -0.39 is 5.91 Å². The van der Waals surface area contributed by atoms with Gasteiger partial charge in [0.25, 0.3) is 0 Å². The Morgan fingerprint density at radius 2 is 2.24 bits per heavy atom. The molecule has 17 heavy (non-hydrogen) atoms. The van der Waals surface area contributed by atoms with E-state index >= 15 is 0 Å². The molecule has 2 heterocycles. The zero-order valence-electron chi connectivity index (χ0n) is 9.85. The first kappa shape index (κ1) is 12.3. The Morgan fingerprint density at radius 3 is 2.76 bits per heavy atom. The molecule has 2 atom stereocenters. The smallest absolute Gasteiger partial charge is 0.237 e. The normalized spacial score (nSPS) is 28.2. The van der Waals surface area contributed by atoms with Crippen molar-refractivity contribution in [2.45, 2.75) is 18.9 Å². The highest BCUT2D eigenvalue weighted by molar-refractivity contribution is 5.85. The minimum atomic E-state index is -0.454. The third kappa shape index (κ3) is 2.95. The number of nitrogens with two attached hydrogens (primary N) is 1. The number of carbonyl (C=O) groups excluding carboxylic acids is 2. The first-order chi connectivity index (χ1) is 8.18. The number of nitrogens with zero attached hydrogens (tertiary/aromatic N) is 1. The maximum absolute atomic E-state index is 12.3. The lowest BCUT2D eigenvalue weighted by Gasteiger charge is -2.29. The fourth-order valence-electron chi connectivity index (χ4n) is 2.42. The molecular formula is C11H19N3O3. The van der Waals surface area contributed by atoms with Crippen LogP contribution in [0.1, 0.15) is 12.8 Å². The van der Waals surface area contributed by atoms with Gasteiger partial charge in [0.1, 0.15) is 0 Å². The SMILES string of the molecule is NC(=O)CN(C(=O)C1CCOC1)C1CCNC1. The van der Waals surface area contributed by atoms with Gasteiger partial charge in [0, 0.05) is 19.2 Å². The molecular weight excluding hydrogens is 222 g/mol. The number of carbonyl (C=O) groups is 2. The molecule has 2 unspecified atom stereocenters. The Labute approximate surface area is 100 Å². The van der Waals surface area contributed by atoms with E-state index in [2.05, 4.69) is 5.32 Å². The topological polar surface area (TPSA) is 84.7 Å². The van der Waals surface area contributed by atoms with Crippen molar-refractivity contribution in [3.63, 3.8) is 0 Å². The third-order valence-electron chi connectivity index (χ3n) is 3.36. The summed E-state index contributed by atoms with van der Waals surface area (Å²) < 4.78 is 5.22. The largest absolute Gasteiger partial charge is 0.381 e. The highest BCUT2D eigenvalue weighted by atomic mass is 16.5. The number of nitrogens with one attached hydrogen (secondary N) is 1. The van der Waals surface area contributed by atoms with Crippen molar-refractivity contribution in [3.8, 4) is 0 Å². The summed E-state index contributed by atoms with van der Waals surface area (Å²) in [5.41, 5.74) is 5.21. The summed E-state index contributed by atoms with van der Waals surface area (Å²) in [5, 5.41) is 3.19. The van der Waals surface area contributed by atoms with Crippen LogP contribution in [0.5, 0.6) is 0 Å². The summed E-state index contributed by atoms with van der Waals surface area (Å²) in [6, 6.07) is 0.0931. The van der Waals surface area contributed by atoms with E-state index in [0.717, 1.165) is 25.9 Å². The van der Waals surface area contributed by atoms with Crippen LogP contribution in [0.2, 0.25) is 0 Å². The predicted molar refractivity (Wildman–Crippen MR) is 61.1 cm³/mol. The van der Waals surface area contributed by atoms with Gasteiger partial charge in [-0.2, -0.15) is 0 Å². The molecule has 6 heteroatoms. The molecule has 0 aromatic rings. The molecule has 2 rings (SSSR count). The predicted octanol–water partition coefficient (Wildman–Crippen LogP) is -1.30. The van der Waals surface area contributed by atoms with Gasteiger partial charge >= 0.3 is 0 Å². The molecule has 2 aliphatic rings. The molecule has 2 saturated heterocycles. The minimum Gasteiger partial charge on any atom is -0.381 e. The van der Waals surface area contributed by atoms with Gasteiger partial charge in [-0.15, -0.1) is 0 Å². The van der Waals surface area contributed by atoms with Crippen LogP contribution in [0.3, 0.4) is 0 Å². The standard InChI is InChI=1S/C11H19N3O3/c12-10(15)6-14(9-1-3-13-5-9)11(16)8-2-4-17-7-8/h8-9,13H,1-7H2,(H2,12,15). The molecule has 2 amide bonds. The number of hydrogen-bond donors (Lipinski definition) is 2. The summed E-state index contributed by atoms with van der Waals surface area (Å²) in [6.45, 7) is 2.74. The van der Waals surface area contributed by atoms with E-state index in [4.69, 9.17) is 10.5 Å². The van der Waals surface area contributed by atoms with Crippen LogP contribution in [-0.4, -0.2) is 55.6 Å². The fraction of sp³-hybridized carbons (Fsp3) is 0.818. The van der Waals surface area contributed by atoms with Crippen LogP contribution in [0.4, 0.5) is 0 Å². The molecule has 3 N–H and O–H groups in total. The van der Waals surface area contributed by atoms with Crippen molar-refractivity contribution in [2.24, 2.45) is 11.7 Å². The summed E-state index contributed by atoms with van der Waals surface area (Å²) in [4.78, 5) is 25.0. The quantitative estimate of drug-likeness (QED) is 0.640. The Kier molecular flexibility index (Phi) is 3.96. The molecule has 6 nitrogen and oxygen atoms in total. The maximum atomic E-state index is 12.3. The molecule has 0 bridgehead atoms. The van der Waals surface area contributed by atoms with Crippen molar-refractivity contribution < 1.29 is 14.3 Å². The Balaban J connectivity index is 2.02. The molecule has 0 spiro atoms. The second kappa shape index (κ2) is 5.46. The van der Waals surface area contributed by atoms with Crippen LogP contribution in [0.15, 0.2) is 0 Å². The molecule has 2 aliphatic heterocycles. The molecule has 0 aliphatic carbocycles. The zero-order chi connectivity index (χ0) is 12.3. The van der Waals surface area contributed by atoms with E-state index in [1.165, 1.54) is 0 Å². The second-order valence-electron chi connectivity index (χ2n) is 4.64. The van der Waals surface area contributed by atoms with Gasteiger partial charge in [-0.05, 0) is 19.4 Å². The van der Waals surface area contributed by atoms with Crippen LogP contribution >= 0.6 is 0 Å². The third-order valence-corrected chi connectivity index (χ3v) is 3.36. The van der Waals surface area contributed by atoms with Crippen molar-refractivity contribution >= 4 is 11.8 Å². The van der Waals surface area contributed by atoms with E-state index in [1.54, 1.807) is 4.90 Å². The number of hydrogen-bond acceptors (Lipinski definition) is 4. The number of ether oxygens (including phenoxy) is 1. The molecule has 96 valence electrons. The maximum Gasteiger partial charge on any atom is 0.237 e. The number of rotatable bonds is 4. The van der Waals surface area contributed by atoms with E-state index in [1.807, 2.05) is 0 Å². The van der Waals surface area contributed by atoms with Crippen LogP contribution in [0, 0.1) is 5.92 Å². The van der Waals surface area contributed by atoms with Crippen LogP contribution in [-0.2, 0) is 14.3 Å². The number of amides is 2. The first-order valence-electron chi connectivity index (χ1n) is 6.05. The van der Waals surface area contributed by atoms with Crippen molar-refractivity contribution in [1.29, 1.82) is 0 Å². The highest BCUT2D eigenvalue weighted by Crippen LogP contribution is 2.19. The van der Waals surface area contributed by atoms with Crippen molar-refractivity contribution in [1.82, 2.24) is 10.2 Å². The Bertz CT molecular complexity index is 296. The fourth-order valence-corrected chi connectivity index (χ4v) is 2.42. The highest BCUT2D eigenvalue weighted by Gasteiger charge is 2.33. The molecule has 0 aromatic heterocycles.